The smallest absolute Gasteiger partial charge is 0.232 e. The number of nitrogens with one attached hydrogen (secondary N) is 2. The first-order valence-electron chi connectivity index (χ1n) is 8.90. The molecular weight excluding hydrogens is 433 g/mol. The number of guanidine groups is 1. The number of nitrogens with zero attached hydrogens (tertiary/aromatic N) is 3. The molecule has 1 rings (SSSR count). The van der Waals surface area contributed by atoms with Gasteiger partial charge in [-0.2, -0.15) is 4.98 Å². The van der Waals surface area contributed by atoms with E-state index in [-0.39, 0.29) is 29.4 Å². The first-order valence-corrected chi connectivity index (χ1v) is 8.90. The normalized spacial score (nSPS) is 12.0. The van der Waals surface area contributed by atoms with Gasteiger partial charge < -0.3 is 19.9 Å². The van der Waals surface area contributed by atoms with E-state index in [9.17, 15) is 0 Å². The van der Waals surface area contributed by atoms with E-state index in [1.807, 2.05) is 27.7 Å². The molecule has 0 unspecified atom stereocenters. The maximum Gasteiger partial charge on any atom is 0.232 e. The van der Waals surface area contributed by atoms with Crippen molar-refractivity contribution in [1.29, 1.82) is 0 Å². The van der Waals surface area contributed by atoms with Crippen molar-refractivity contribution in [3.8, 4) is 0 Å². The summed E-state index contributed by atoms with van der Waals surface area (Å²) in [6.07, 6.45) is 3.24. The highest BCUT2D eigenvalue weighted by Crippen LogP contribution is 2.19. The highest BCUT2D eigenvalue weighted by molar-refractivity contribution is 14.0. The van der Waals surface area contributed by atoms with Gasteiger partial charge in [-0.1, -0.05) is 39.3 Å². The van der Waals surface area contributed by atoms with Crippen LogP contribution in [0.15, 0.2) is 9.52 Å². The molecule has 0 aliphatic rings. The summed E-state index contributed by atoms with van der Waals surface area (Å²) in [7, 11) is 0. The van der Waals surface area contributed by atoms with Crippen LogP contribution in [0.3, 0.4) is 0 Å². The number of unbranched alkanes of at least 4 members (excludes halogenated alkanes) is 1. The summed E-state index contributed by atoms with van der Waals surface area (Å²) in [5.74, 6) is 1.99. The summed E-state index contributed by atoms with van der Waals surface area (Å²) in [5, 5.41) is 10.5. The zero-order valence-corrected chi connectivity index (χ0v) is 18.6. The first-order chi connectivity index (χ1) is 11.5. The maximum atomic E-state index is 5.55. The molecule has 0 aliphatic heterocycles. The van der Waals surface area contributed by atoms with Crippen LogP contribution in [-0.4, -0.2) is 42.4 Å². The molecule has 0 saturated heterocycles. The number of ether oxygens (including phenoxy) is 1. The van der Waals surface area contributed by atoms with Crippen molar-refractivity contribution in [2.75, 3.05) is 26.3 Å². The van der Waals surface area contributed by atoms with Crippen LogP contribution in [-0.2, 0) is 16.7 Å². The van der Waals surface area contributed by atoms with Gasteiger partial charge in [-0.25, -0.2) is 4.99 Å². The molecule has 146 valence electrons. The molecular formula is C17H34IN5O2. The van der Waals surface area contributed by atoms with Gasteiger partial charge in [0.15, 0.2) is 11.8 Å². The van der Waals surface area contributed by atoms with E-state index >= 15 is 0 Å². The molecule has 0 spiro atoms. The van der Waals surface area contributed by atoms with Crippen molar-refractivity contribution < 1.29 is 9.26 Å². The second kappa shape index (κ2) is 13.3. The minimum atomic E-state index is -0.143. The molecule has 25 heavy (non-hydrogen) atoms. The summed E-state index contributed by atoms with van der Waals surface area (Å²) in [6, 6.07) is 0. The van der Waals surface area contributed by atoms with Gasteiger partial charge in [0.1, 0.15) is 6.54 Å². The maximum absolute atomic E-state index is 5.55. The highest BCUT2D eigenvalue weighted by atomic mass is 127. The van der Waals surface area contributed by atoms with Crippen LogP contribution >= 0.6 is 24.0 Å². The van der Waals surface area contributed by atoms with Crippen molar-refractivity contribution in [2.45, 2.75) is 65.8 Å². The quantitative estimate of drug-likeness (QED) is 0.238. The predicted molar refractivity (Wildman–Crippen MR) is 112 cm³/mol. The zero-order valence-electron chi connectivity index (χ0n) is 16.2. The summed E-state index contributed by atoms with van der Waals surface area (Å²) >= 11 is 0. The van der Waals surface area contributed by atoms with Gasteiger partial charge >= 0.3 is 0 Å². The molecule has 8 heteroatoms. The van der Waals surface area contributed by atoms with Gasteiger partial charge in [-0.05, 0) is 19.8 Å². The van der Waals surface area contributed by atoms with Crippen LogP contribution in [0.25, 0.3) is 0 Å². The topological polar surface area (TPSA) is 84.6 Å². The molecule has 7 nitrogen and oxygen atoms in total. The van der Waals surface area contributed by atoms with Crippen LogP contribution in [0.1, 0.15) is 65.6 Å². The van der Waals surface area contributed by atoms with Gasteiger partial charge in [-0.15, -0.1) is 24.0 Å². The fourth-order valence-electron chi connectivity index (χ4n) is 1.84. The lowest BCUT2D eigenvalue weighted by Gasteiger charge is -2.11. The van der Waals surface area contributed by atoms with Crippen LogP contribution in [0, 0.1) is 0 Å². The molecule has 0 aliphatic carbocycles. The zero-order chi connectivity index (χ0) is 17.8. The summed E-state index contributed by atoms with van der Waals surface area (Å²) in [6.45, 7) is 14.0. The van der Waals surface area contributed by atoms with E-state index in [0.717, 1.165) is 45.1 Å². The molecule has 0 fully saturated rings. The molecule has 1 aromatic rings. The van der Waals surface area contributed by atoms with Crippen molar-refractivity contribution in [2.24, 2.45) is 4.99 Å². The van der Waals surface area contributed by atoms with Gasteiger partial charge in [0.05, 0.1) is 0 Å². The average Bonchev–Trinajstić information content (AvgIpc) is 3.01. The van der Waals surface area contributed by atoms with Crippen molar-refractivity contribution in [3.05, 3.63) is 11.7 Å². The Labute approximate surface area is 168 Å². The molecule has 0 saturated carbocycles. The van der Waals surface area contributed by atoms with Gasteiger partial charge in [0.25, 0.3) is 0 Å². The van der Waals surface area contributed by atoms with E-state index in [2.05, 4.69) is 32.7 Å². The second-order valence-electron chi connectivity index (χ2n) is 6.71. The van der Waals surface area contributed by atoms with E-state index in [1.54, 1.807) is 0 Å². The number of hydrogen-bond donors (Lipinski definition) is 2. The standard InChI is InChI=1S/C17H33N5O2.HI/c1-6-8-11-23-12-9-10-19-16(18-7-2)20-13-14-21-15(24-22-14)17(3,4)5;/h6-13H2,1-5H3,(H2,18,19,20);1H. The van der Waals surface area contributed by atoms with Crippen molar-refractivity contribution in [3.63, 3.8) is 0 Å². The monoisotopic (exact) mass is 467 g/mol. The Morgan fingerprint density at radius 1 is 1.16 bits per heavy atom. The third-order valence-corrected chi connectivity index (χ3v) is 3.23. The Hall–Kier alpha value is -0.900. The fourth-order valence-corrected chi connectivity index (χ4v) is 1.84. The fraction of sp³-hybridized carbons (Fsp3) is 0.824. The van der Waals surface area contributed by atoms with E-state index in [0.29, 0.717) is 18.3 Å². The van der Waals surface area contributed by atoms with Crippen LogP contribution in [0.2, 0.25) is 0 Å². The summed E-state index contributed by atoms with van der Waals surface area (Å²) in [4.78, 5) is 8.89. The Kier molecular flexibility index (Phi) is 12.8. The SMILES string of the molecule is CCCCOCCCNC(=NCc1noc(C(C)(C)C)n1)NCC.I. The van der Waals surface area contributed by atoms with Crippen LogP contribution in [0.4, 0.5) is 0 Å². The molecule has 1 heterocycles. The minimum Gasteiger partial charge on any atom is -0.381 e. The molecule has 0 bridgehead atoms. The molecule has 0 aromatic carbocycles. The number of rotatable bonds is 10. The molecule has 0 amide bonds. The Morgan fingerprint density at radius 3 is 2.48 bits per heavy atom. The van der Waals surface area contributed by atoms with Crippen molar-refractivity contribution >= 4 is 29.9 Å². The van der Waals surface area contributed by atoms with Crippen LogP contribution in [0.5, 0.6) is 0 Å². The number of aliphatic imine (C=N–C) groups is 1. The Morgan fingerprint density at radius 2 is 1.88 bits per heavy atom. The van der Waals surface area contributed by atoms with Gasteiger partial charge in [0, 0.05) is 31.7 Å². The molecule has 1 aromatic heterocycles. The second-order valence-corrected chi connectivity index (χ2v) is 6.71. The van der Waals surface area contributed by atoms with Gasteiger partial charge in [0.2, 0.25) is 5.89 Å². The van der Waals surface area contributed by atoms with Crippen molar-refractivity contribution in [1.82, 2.24) is 20.8 Å². The minimum absolute atomic E-state index is 0. The number of hydrogen-bond acceptors (Lipinski definition) is 5. The predicted octanol–water partition coefficient (Wildman–Crippen LogP) is 3.25. The lowest BCUT2D eigenvalue weighted by Crippen LogP contribution is -2.38. The lowest BCUT2D eigenvalue weighted by atomic mass is 9.97. The molecule has 0 radical (unpaired) electrons. The Balaban J connectivity index is 0.00000576. The lowest BCUT2D eigenvalue weighted by molar-refractivity contribution is 0.129. The molecule has 2 N–H and O–H groups in total. The number of halogens is 1. The van der Waals surface area contributed by atoms with Crippen LogP contribution < -0.4 is 10.6 Å². The van der Waals surface area contributed by atoms with E-state index in [4.69, 9.17) is 9.26 Å². The van der Waals surface area contributed by atoms with Gasteiger partial charge in [-0.3, -0.25) is 0 Å². The van der Waals surface area contributed by atoms with E-state index in [1.165, 1.54) is 6.42 Å². The summed E-state index contributed by atoms with van der Waals surface area (Å²) < 4.78 is 10.8. The third-order valence-electron chi connectivity index (χ3n) is 3.23. The third kappa shape index (κ3) is 10.6. The Bertz CT molecular complexity index is 486. The van der Waals surface area contributed by atoms with E-state index < -0.39 is 0 Å². The highest BCUT2D eigenvalue weighted by Gasteiger charge is 2.21. The first kappa shape index (κ1) is 24.1. The summed E-state index contributed by atoms with van der Waals surface area (Å²) in [5.41, 5.74) is -0.143. The molecule has 0 atom stereocenters. The average molecular weight is 467 g/mol. The largest absolute Gasteiger partial charge is 0.381 e. The number of aromatic nitrogens is 2.